The number of amides is 1. The highest BCUT2D eigenvalue weighted by Gasteiger charge is 2.13. The summed E-state index contributed by atoms with van der Waals surface area (Å²) in [6, 6.07) is 15.6. The molecule has 3 rings (SSSR count). The van der Waals surface area contributed by atoms with E-state index in [2.05, 4.69) is 11.1 Å². The summed E-state index contributed by atoms with van der Waals surface area (Å²) in [5, 5.41) is 0.955. The minimum Gasteiger partial charge on any atom is -0.497 e. The predicted octanol–water partition coefficient (Wildman–Crippen LogP) is 3.51. The van der Waals surface area contributed by atoms with E-state index < -0.39 is 0 Å². The van der Waals surface area contributed by atoms with Gasteiger partial charge in [-0.3, -0.25) is 4.79 Å². The summed E-state index contributed by atoms with van der Waals surface area (Å²) in [4.78, 5) is 18.7. The Kier molecular flexibility index (Phi) is 4.57. The number of carbonyl (C=O) groups is 1. The Morgan fingerprint density at radius 3 is 2.61 bits per heavy atom. The highest BCUT2D eigenvalue weighted by molar-refractivity contribution is 7.18. The maximum Gasteiger partial charge on any atom is 0.227 e. The number of methoxy groups -OCH3 is 1. The van der Waals surface area contributed by atoms with E-state index in [-0.39, 0.29) is 5.91 Å². The van der Waals surface area contributed by atoms with Gasteiger partial charge < -0.3 is 9.64 Å². The van der Waals surface area contributed by atoms with E-state index in [4.69, 9.17) is 4.74 Å². The zero-order chi connectivity index (χ0) is 16.2. The number of para-hydroxylation sites is 1. The largest absolute Gasteiger partial charge is 0.497 e. The highest BCUT2D eigenvalue weighted by Crippen LogP contribution is 2.22. The predicted molar refractivity (Wildman–Crippen MR) is 92.8 cm³/mol. The van der Waals surface area contributed by atoms with Crippen LogP contribution in [-0.4, -0.2) is 29.9 Å². The second kappa shape index (κ2) is 6.79. The van der Waals surface area contributed by atoms with Crippen molar-refractivity contribution in [2.45, 2.75) is 13.0 Å². The third-order valence-electron chi connectivity index (χ3n) is 3.65. The van der Waals surface area contributed by atoms with Crippen LogP contribution < -0.4 is 4.74 Å². The van der Waals surface area contributed by atoms with Crippen LogP contribution in [0.2, 0.25) is 0 Å². The fourth-order valence-electron chi connectivity index (χ4n) is 2.33. The summed E-state index contributed by atoms with van der Waals surface area (Å²) >= 11 is 1.63. The van der Waals surface area contributed by atoms with Crippen LogP contribution in [-0.2, 0) is 17.8 Å². The Labute approximate surface area is 139 Å². The molecule has 1 aromatic heterocycles. The minimum atomic E-state index is 0.0782. The van der Waals surface area contributed by atoms with Crippen LogP contribution in [0.4, 0.5) is 0 Å². The van der Waals surface area contributed by atoms with Gasteiger partial charge in [-0.15, -0.1) is 11.3 Å². The van der Waals surface area contributed by atoms with E-state index in [9.17, 15) is 4.79 Å². The van der Waals surface area contributed by atoms with Gasteiger partial charge in [-0.25, -0.2) is 4.98 Å². The van der Waals surface area contributed by atoms with Crippen LogP contribution in [0.1, 0.15) is 10.6 Å². The molecule has 2 aromatic carbocycles. The summed E-state index contributed by atoms with van der Waals surface area (Å²) in [6.07, 6.45) is 0.380. The lowest BCUT2D eigenvalue weighted by Crippen LogP contribution is -2.27. The lowest BCUT2D eigenvalue weighted by molar-refractivity contribution is -0.129. The van der Waals surface area contributed by atoms with Gasteiger partial charge in [0.25, 0.3) is 0 Å². The molecule has 0 saturated carbocycles. The monoisotopic (exact) mass is 326 g/mol. The van der Waals surface area contributed by atoms with Crippen LogP contribution in [0.3, 0.4) is 0 Å². The van der Waals surface area contributed by atoms with E-state index in [0.717, 1.165) is 26.5 Å². The molecular formula is C18H18N2O2S. The number of nitrogens with zero attached hydrogens (tertiary/aromatic N) is 2. The zero-order valence-corrected chi connectivity index (χ0v) is 14.0. The molecule has 0 spiro atoms. The number of fused-ring (bicyclic) bond motifs is 1. The normalized spacial score (nSPS) is 10.7. The molecule has 1 amide bonds. The van der Waals surface area contributed by atoms with Crippen molar-refractivity contribution in [3.63, 3.8) is 0 Å². The number of hydrogen-bond acceptors (Lipinski definition) is 4. The summed E-state index contributed by atoms with van der Waals surface area (Å²) in [5.74, 6) is 0.874. The molecule has 0 fully saturated rings. The van der Waals surface area contributed by atoms with Gasteiger partial charge >= 0.3 is 0 Å². The highest BCUT2D eigenvalue weighted by atomic mass is 32.1. The standard InChI is InChI=1S/C18H18N2O2S/c1-20(12-17-19-15-5-3-4-6-16(15)23-17)18(21)11-13-7-9-14(22-2)10-8-13/h3-10H,11-12H2,1-2H3. The van der Waals surface area contributed by atoms with Crippen LogP contribution in [0, 0.1) is 0 Å². The third kappa shape index (κ3) is 3.68. The van der Waals surface area contributed by atoms with Crippen molar-refractivity contribution in [3.8, 4) is 5.75 Å². The first-order valence-corrected chi connectivity index (χ1v) is 8.18. The van der Waals surface area contributed by atoms with Crippen molar-refractivity contribution in [2.75, 3.05) is 14.2 Å². The summed E-state index contributed by atoms with van der Waals surface area (Å²) in [5.41, 5.74) is 1.97. The second-order valence-electron chi connectivity index (χ2n) is 5.35. The molecule has 4 nitrogen and oxygen atoms in total. The number of thiazole rings is 1. The molecule has 0 aliphatic heterocycles. The molecular weight excluding hydrogens is 308 g/mol. The molecule has 3 aromatic rings. The van der Waals surface area contributed by atoms with Gasteiger partial charge in [-0.2, -0.15) is 0 Å². The topological polar surface area (TPSA) is 42.4 Å². The average molecular weight is 326 g/mol. The first-order valence-electron chi connectivity index (χ1n) is 7.37. The SMILES string of the molecule is COc1ccc(CC(=O)N(C)Cc2nc3ccccc3s2)cc1. The number of carbonyl (C=O) groups excluding carboxylic acids is 1. The molecule has 0 N–H and O–H groups in total. The smallest absolute Gasteiger partial charge is 0.227 e. The molecule has 0 saturated heterocycles. The molecule has 0 radical (unpaired) electrons. The van der Waals surface area contributed by atoms with Crippen molar-refractivity contribution in [1.82, 2.24) is 9.88 Å². The quantitative estimate of drug-likeness (QED) is 0.720. The minimum absolute atomic E-state index is 0.0782. The lowest BCUT2D eigenvalue weighted by Gasteiger charge is -2.15. The Morgan fingerprint density at radius 2 is 1.91 bits per heavy atom. The molecule has 118 valence electrons. The first kappa shape index (κ1) is 15.5. The Hall–Kier alpha value is -2.40. The molecule has 0 aliphatic carbocycles. The maximum absolute atomic E-state index is 12.4. The first-order chi connectivity index (χ1) is 11.2. The van der Waals surface area contributed by atoms with E-state index in [1.807, 2.05) is 49.5 Å². The van der Waals surface area contributed by atoms with Gasteiger partial charge in [-0.05, 0) is 29.8 Å². The van der Waals surface area contributed by atoms with Crippen LogP contribution >= 0.6 is 11.3 Å². The number of likely N-dealkylation sites (N-methyl/N-ethyl adjacent to an activating group) is 1. The van der Waals surface area contributed by atoms with Gasteiger partial charge in [0.15, 0.2) is 0 Å². The average Bonchev–Trinajstić information content (AvgIpc) is 2.97. The molecule has 23 heavy (non-hydrogen) atoms. The second-order valence-corrected chi connectivity index (χ2v) is 6.47. The summed E-state index contributed by atoms with van der Waals surface area (Å²) < 4.78 is 6.28. The zero-order valence-electron chi connectivity index (χ0n) is 13.2. The Balaban J connectivity index is 1.64. The van der Waals surface area contributed by atoms with Crippen LogP contribution in [0.15, 0.2) is 48.5 Å². The van der Waals surface area contributed by atoms with Crippen molar-refractivity contribution in [1.29, 1.82) is 0 Å². The maximum atomic E-state index is 12.4. The summed E-state index contributed by atoms with van der Waals surface area (Å²) in [6.45, 7) is 0.536. The molecule has 0 bridgehead atoms. The van der Waals surface area contributed by atoms with E-state index in [1.165, 1.54) is 0 Å². The molecule has 0 atom stereocenters. The molecule has 0 aliphatic rings. The third-order valence-corrected chi connectivity index (χ3v) is 4.67. The Bertz CT molecular complexity index is 778. The Morgan fingerprint density at radius 1 is 1.17 bits per heavy atom. The summed E-state index contributed by atoms with van der Waals surface area (Å²) in [7, 11) is 3.45. The van der Waals surface area contributed by atoms with Crippen LogP contribution in [0.25, 0.3) is 10.2 Å². The number of hydrogen-bond donors (Lipinski definition) is 0. The molecule has 1 heterocycles. The van der Waals surface area contributed by atoms with E-state index >= 15 is 0 Å². The van der Waals surface area contributed by atoms with E-state index in [0.29, 0.717) is 13.0 Å². The van der Waals surface area contributed by atoms with Crippen LogP contribution in [0.5, 0.6) is 5.75 Å². The number of rotatable bonds is 5. The fraction of sp³-hybridized carbons (Fsp3) is 0.222. The van der Waals surface area contributed by atoms with E-state index in [1.54, 1.807) is 23.3 Å². The number of ether oxygens (including phenoxy) is 1. The fourth-order valence-corrected chi connectivity index (χ4v) is 3.35. The van der Waals surface area contributed by atoms with Crippen molar-refractivity contribution < 1.29 is 9.53 Å². The lowest BCUT2D eigenvalue weighted by atomic mass is 10.1. The number of aromatic nitrogens is 1. The van der Waals surface area contributed by atoms with Gasteiger partial charge in [0.2, 0.25) is 5.91 Å². The van der Waals surface area contributed by atoms with Crippen molar-refractivity contribution in [2.24, 2.45) is 0 Å². The van der Waals surface area contributed by atoms with Crippen molar-refractivity contribution >= 4 is 27.5 Å². The number of benzene rings is 2. The van der Waals surface area contributed by atoms with Gasteiger partial charge in [-0.1, -0.05) is 24.3 Å². The van der Waals surface area contributed by atoms with Gasteiger partial charge in [0.1, 0.15) is 10.8 Å². The van der Waals surface area contributed by atoms with Gasteiger partial charge in [0.05, 0.1) is 30.3 Å². The van der Waals surface area contributed by atoms with Gasteiger partial charge in [0, 0.05) is 7.05 Å². The molecule has 0 unspecified atom stereocenters. The van der Waals surface area contributed by atoms with Crippen molar-refractivity contribution in [3.05, 3.63) is 59.1 Å². The molecule has 5 heteroatoms.